The number of rotatable bonds is 6. The first-order valence-electron chi connectivity index (χ1n) is 13.9. The number of pyridine rings is 2. The fourth-order valence-electron chi connectivity index (χ4n) is 4.36. The molecule has 2 aromatic carbocycles. The van der Waals surface area contributed by atoms with E-state index in [1.165, 1.54) is 29.7 Å². The number of amides is 2. The van der Waals surface area contributed by atoms with E-state index in [1.807, 2.05) is 18.2 Å². The Bertz CT molecular complexity index is 2210. The van der Waals surface area contributed by atoms with Crippen LogP contribution in [-0.2, 0) is 0 Å². The number of hydrogen-bond acceptors (Lipinski definition) is 9. The summed E-state index contributed by atoms with van der Waals surface area (Å²) < 4.78 is 55.4. The summed E-state index contributed by atoms with van der Waals surface area (Å²) in [5, 5.41) is 14.3. The summed E-state index contributed by atoms with van der Waals surface area (Å²) >= 11 is 5.66. The van der Waals surface area contributed by atoms with Gasteiger partial charge in [-0.15, -0.1) is 0 Å². The van der Waals surface area contributed by atoms with Crippen molar-refractivity contribution in [3.8, 4) is 27.0 Å². The van der Waals surface area contributed by atoms with Crippen LogP contribution in [0.5, 0.6) is 0 Å². The molecule has 2 N–H and O–H groups in total. The lowest BCUT2D eigenvalue weighted by Crippen LogP contribution is -2.15. The molecule has 49 heavy (non-hydrogen) atoms. The molecule has 0 aliphatic carbocycles. The van der Waals surface area contributed by atoms with E-state index in [-0.39, 0.29) is 16.0 Å². The third kappa shape index (κ3) is 8.20. The fraction of sp³-hybridized carbons (Fsp3) is 0.0606. The van der Waals surface area contributed by atoms with Gasteiger partial charge in [-0.25, -0.2) is 37.5 Å². The van der Waals surface area contributed by atoms with Gasteiger partial charge < -0.3 is 0 Å². The second-order valence-electron chi connectivity index (χ2n) is 9.88. The molecule has 9 nitrogen and oxygen atoms in total. The number of nitrogens with zero attached hydrogens (tertiary/aromatic N) is 5. The lowest BCUT2D eigenvalue weighted by atomic mass is 10.2. The Morgan fingerprint density at radius 3 is 1.57 bits per heavy atom. The maximum absolute atomic E-state index is 13.7. The first-order valence-corrected chi connectivity index (χ1v) is 16.3. The van der Waals surface area contributed by atoms with Gasteiger partial charge in [0.2, 0.25) is 0 Å². The molecule has 0 bridgehead atoms. The number of anilines is 2. The number of aryl methyl sites for hydroxylation is 2. The van der Waals surface area contributed by atoms with Gasteiger partial charge in [-0.1, -0.05) is 34.8 Å². The summed E-state index contributed by atoms with van der Waals surface area (Å²) in [6.07, 6.45) is 3.14. The lowest BCUT2D eigenvalue weighted by Gasteiger charge is -2.04. The summed E-state index contributed by atoms with van der Waals surface area (Å²) in [7, 11) is 0. The molecule has 16 heteroatoms. The third-order valence-electron chi connectivity index (χ3n) is 6.54. The smallest absolute Gasteiger partial charge is 0.263 e. The Kier molecular flexibility index (Phi) is 10.9. The number of benzene rings is 2. The summed E-state index contributed by atoms with van der Waals surface area (Å²) in [6, 6.07) is 15.4. The summed E-state index contributed by atoms with van der Waals surface area (Å²) in [5.41, 5.74) is 1.88. The quantitative estimate of drug-likeness (QED) is 0.128. The molecule has 2 amide bonds. The molecular weight excluding hydrogens is 746 g/mol. The topological polar surface area (TPSA) is 134 Å². The van der Waals surface area contributed by atoms with E-state index in [1.54, 1.807) is 32.2 Å². The van der Waals surface area contributed by atoms with Crippen molar-refractivity contribution in [2.45, 2.75) is 13.8 Å². The minimum Gasteiger partial charge on any atom is -0.298 e. The van der Waals surface area contributed by atoms with E-state index in [0.717, 1.165) is 56.5 Å². The molecule has 0 saturated carbocycles. The van der Waals surface area contributed by atoms with Crippen molar-refractivity contribution in [2.75, 3.05) is 10.6 Å². The van der Waals surface area contributed by atoms with Gasteiger partial charge in [-0.05, 0) is 89.4 Å². The highest BCUT2D eigenvalue weighted by molar-refractivity contribution is 9.10. The molecule has 0 spiro atoms. The summed E-state index contributed by atoms with van der Waals surface area (Å²) in [5.74, 6) is -5.51. The monoisotopic (exact) mass is 765 g/mol. The Balaban J connectivity index is 0.000000191. The molecule has 6 rings (SSSR count). The number of aromatic nitrogens is 4. The second kappa shape index (κ2) is 15.2. The molecule has 0 aliphatic heterocycles. The number of nitrogens with one attached hydrogen (secondary N) is 2. The molecule has 4 aromatic heterocycles. The van der Waals surface area contributed by atoms with Gasteiger partial charge in [0.15, 0.2) is 10.3 Å². The van der Waals surface area contributed by atoms with Crippen molar-refractivity contribution in [1.29, 1.82) is 5.26 Å². The normalized spacial score (nSPS) is 10.5. The highest BCUT2D eigenvalue weighted by Crippen LogP contribution is 2.35. The average molecular weight is 767 g/mol. The van der Waals surface area contributed by atoms with Crippen molar-refractivity contribution in [2.24, 2.45) is 0 Å². The van der Waals surface area contributed by atoms with Crippen LogP contribution in [0.1, 0.15) is 37.8 Å². The molecule has 0 atom stereocenters. The molecule has 0 fully saturated rings. The predicted octanol–water partition coefficient (Wildman–Crippen LogP) is 8.72. The van der Waals surface area contributed by atoms with Gasteiger partial charge in [0.05, 0.1) is 21.1 Å². The van der Waals surface area contributed by atoms with E-state index in [0.29, 0.717) is 16.0 Å². The van der Waals surface area contributed by atoms with E-state index in [2.05, 4.69) is 46.5 Å². The van der Waals surface area contributed by atoms with Crippen LogP contribution in [-0.4, -0.2) is 31.8 Å². The van der Waals surface area contributed by atoms with Crippen LogP contribution in [0.2, 0.25) is 0 Å². The number of carbonyl (C=O) groups excluding carboxylic acids is 2. The average Bonchev–Trinajstić information content (AvgIpc) is 3.61. The van der Waals surface area contributed by atoms with Crippen LogP contribution in [0.3, 0.4) is 0 Å². The maximum Gasteiger partial charge on any atom is 0.263 e. The second-order valence-corrected chi connectivity index (χ2v) is 12.7. The molecule has 0 radical (unpaired) electrons. The fourth-order valence-corrected chi connectivity index (χ4v) is 6.64. The zero-order valence-corrected chi connectivity index (χ0v) is 28.4. The van der Waals surface area contributed by atoms with Crippen LogP contribution in [0, 0.1) is 48.4 Å². The molecule has 6 aromatic rings. The third-order valence-corrected chi connectivity index (χ3v) is 9.22. The van der Waals surface area contributed by atoms with Crippen molar-refractivity contribution >= 4 is 60.7 Å². The van der Waals surface area contributed by atoms with Crippen molar-refractivity contribution in [3.63, 3.8) is 0 Å². The van der Waals surface area contributed by atoms with Gasteiger partial charge in [0, 0.05) is 12.4 Å². The van der Waals surface area contributed by atoms with E-state index >= 15 is 0 Å². The highest BCUT2D eigenvalue weighted by atomic mass is 79.9. The number of nitriles is 1. The van der Waals surface area contributed by atoms with Gasteiger partial charge in [0.1, 0.15) is 50.8 Å². The summed E-state index contributed by atoms with van der Waals surface area (Å²) in [6.45, 7) is 3.52. The molecular formula is C33H20BrF4N7O2S2. The van der Waals surface area contributed by atoms with Crippen LogP contribution in [0.25, 0.3) is 20.9 Å². The first-order chi connectivity index (χ1) is 23.4. The number of carbonyl (C=O) groups is 2. The minimum absolute atomic E-state index is 0.204. The Morgan fingerprint density at radius 2 is 1.14 bits per heavy atom. The predicted molar refractivity (Wildman–Crippen MR) is 181 cm³/mol. The van der Waals surface area contributed by atoms with E-state index < -0.39 is 46.2 Å². The van der Waals surface area contributed by atoms with Crippen LogP contribution >= 0.6 is 38.6 Å². The Labute approximate surface area is 292 Å². The largest absolute Gasteiger partial charge is 0.298 e. The molecule has 0 unspecified atom stereocenters. The standard InChI is InChI=1S/C17H10F2N4OS.C16H10BrF2N3OS/c1-9-15(10-5-6-21-11(7-10)8-20)25-17(22-9)23-16(24)14-12(18)3-2-4-13(14)19;1-8-14(9-5-6-20-12(17)7-9)24-16(21-8)22-15(23)13-10(18)3-2-4-11(13)19/h2-7H,1H3,(H,22,23,24);2-7H,1H3,(H,21,22,23). The number of thiazole rings is 2. The SMILES string of the molecule is Cc1nc(NC(=O)c2c(F)cccc2F)sc1-c1ccnc(Br)c1.Cc1nc(NC(=O)c2c(F)cccc2F)sc1-c1ccnc(C#N)c1. The molecule has 4 heterocycles. The van der Waals surface area contributed by atoms with Crippen molar-refractivity contribution < 1.29 is 27.2 Å². The number of halogens is 5. The molecule has 0 aliphatic rings. The zero-order valence-electron chi connectivity index (χ0n) is 25.2. The van der Waals surface area contributed by atoms with Crippen molar-refractivity contribution in [3.05, 3.63) is 129 Å². The zero-order chi connectivity index (χ0) is 35.2. The first kappa shape index (κ1) is 35.0. The van der Waals surface area contributed by atoms with E-state index in [4.69, 9.17) is 5.26 Å². The van der Waals surface area contributed by atoms with Crippen LogP contribution in [0.4, 0.5) is 27.8 Å². The van der Waals surface area contributed by atoms with Crippen molar-refractivity contribution in [1.82, 2.24) is 19.9 Å². The van der Waals surface area contributed by atoms with Gasteiger partial charge in [-0.2, -0.15) is 5.26 Å². The van der Waals surface area contributed by atoms with Gasteiger partial charge in [-0.3, -0.25) is 20.2 Å². The molecule has 0 saturated heterocycles. The van der Waals surface area contributed by atoms with Crippen LogP contribution in [0.15, 0.2) is 77.7 Å². The van der Waals surface area contributed by atoms with Gasteiger partial charge >= 0.3 is 0 Å². The lowest BCUT2D eigenvalue weighted by molar-refractivity contribution is 0.101. The Morgan fingerprint density at radius 1 is 0.714 bits per heavy atom. The van der Waals surface area contributed by atoms with Crippen LogP contribution < -0.4 is 10.6 Å². The maximum atomic E-state index is 13.7. The minimum atomic E-state index is -0.946. The number of hydrogen-bond donors (Lipinski definition) is 2. The highest BCUT2D eigenvalue weighted by Gasteiger charge is 2.21. The molecule has 246 valence electrons. The Hall–Kier alpha value is -5.37. The van der Waals surface area contributed by atoms with Gasteiger partial charge in [0.25, 0.3) is 11.8 Å². The van der Waals surface area contributed by atoms with E-state index in [9.17, 15) is 27.2 Å². The summed E-state index contributed by atoms with van der Waals surface area (Å²) in [4.78, 5) is 42.2.